The molecule has 0 saturated carbocycles. The lowest BCUT2D eigenvalue weighted by Crippen LogP contribution is -2.31. The molecule has 102 valence electrons. The van der Waals surface area contributed by atoms with Crippen LogP contribution in [-0.2, 0) is 6.61 Å². The molecule has 0 radical (unpaired) electrons. The summed E-state index contributed by atoms with van der Waals surface area (Å²) >= 11 is 0. The van der Waals surface area contributed by atoms with Gasteiger partial charge in [0.05, 0.1) is 18.8 Å². The third-order valence-electron chi connectivity index (χ3n) is 2.79. The van der Waals surface area contributed by atoms with Crippen LogP contribution in [0.3, 0.4) is 0 Å². The molecule has 0 aliphatic rings. The zero-order valence-corrected chi connectivity index (χ0v) is 11.3. The maximum Gasteiger partial charge on any atom is 0.161 e. The molecule has 1 aromatic rings. The van der Waals surface area contributed by atoms with Gasteiger partial charge < -0.3 is 19.7 Å². The minimum Gasteiger partial charge on any atom is -0.490 e. The molecule has 18 heavy (non-hydrogen) atoms. The number of hydrogen-bond donors (Lipinski definition) is 2. The van der Waals surface area contributed by atoms with Crippen LogP contribution >= 0.6 is 0 Å². The molecule has 4 nitrogen and oxygen atoms in total. The first kappa shape index (κ1) is 14.8. The Bertz CT molecular complexity index is 374. The molecule has 1 unspecified atom stereocenters. The number of benzene rings is 1. The summed E-state index contributed by atoms with van der Waals surface area (Å²) < 4.78 is 11.0. The van der Waals surface area contributed by atoms with Crippen molar-refractivity contribution >= 4 is 0 Å². The zero-order valence-electron chi connectivity index (χ0n) is 11.3. The van der Waals surface area contributed by atoms with Crippen molar-refractivity contribution in [1.82, 2.24) is 0 Å². The number of ether oxygens (including phenoxy) is 2. The van der Waals surface area contributed by atoms with Crippen LogP contribution in [0.15, 0.2) is 18.2 Å². The van der Waals surface area contributed by atoms with Crippen LogP contribution in [0.25, 0.3) is 0 Å². The summed E-state index contributed by atoms with van der Waals surface area (Å²) in [4.78, 5) is 0. The Kier molecular flexibility index (Phi) is 5.44. The van der Waals surface area contributed by atoms with Crippen molar-refractivity contribution in [3.8, 4) is 11.5 Å². The fourth-order valence-corrected chi connectivity index (χ4v) is 1.37. The summed E-state index contributed by atoms with van der Waals surface area (Å²) in [6.07, 6.45) is 0.617. The highest BCUT2D eigenvalue weighted by Crippen LogP contribution is 2.29. The summed E-state index contributed by atoms with van der Waals surface area (Å²) in [5.74, 6) is 1.18. The van der Waals surface area contributed by atoms with E-state index in [9.17, 15) is 5.11 Å². The molecule has 0 spiro atoms. The minimum atomic E-state index is -0.848. The highest BCUT2D eigenvalue weighted by atomic mass is 16.5. The van der Waals surface area contributed by atoms with Crippen LogP contribution in [0.2, 0.25) is 0 Å². The van der Waals surface area contributed by atoms with Crippen molar-refractivity contribution < 1.29 is 19.7 Å². The van der Waals surface area contributed by atoms with Crippen LogP contribution in [0.1, 0.15) is 32.8 Å². The molecule has 0 amide bonds. The molecular weight excluding hydrogens is 232 g/mol. The van der Waals surface area contributed by atoms with Gasteiger partial charge in [-0.25, -0.2) is 0 Å². The van der Waals surface area contributed by atoms with Gasteiger partial charge in [0.25, 0.3) is 0 Å². The molecule has 0 bridgehead atoms. The van der Waals surface area contributed by atoms with Gasteiger partial charge in [0, 0.05) is 0 Å². The lowest BCUT2D eigenvalue weighted by atomic mass is 10.1. The quantitative estimate of drug-likeness (QED) is 0.782. The van der Waals surface area contributed by atoms with Crippen molar-refractivity contribution in [2.45, 2.75) is 39.4 Å². The third-order valence-corrected chi connectivity index (χ3v) is 2.79. The van der Waals surface area contributed by atoms with E-state index in [0.717, 1.165) is 5.56 Å². The average molecular weight is 254 g/mol. The van der Waals surface area contributed by atoms with E-state index in [0.29, 0.717) is 24.5 Å². The summed E-state index contributed by atoms with van der Waals surface area (Å²) in [5, 5.41) is 19.0. The first-order valence-electron chi connectivity index (χ1n) is 6.24. The number of rotatable bonds is 7. The molecule has 2 N–H and O–H groups in total. The molecule has 0 heterocycles. The van der Waals surface area contributed by atoms with Gasteiger partial charge in [-0.3, -0.25) is 0 Å². The molecular formula is C14H22O4. The Morgan fingerprint density at radius 3 is 2.44 bits per heavy atom. The van der Waals surface area contributed by atoms with E-state index in [2.05, 4.69) is 0 Å². The van der Waals surface area contributed by atoms with E-state index in [1.54, 1.807) is 25.1 Å². The smallest absolute Gasteiger partial charge is 0.161 e. The van der Waals surface area contributed by atoms with Crippen molar-refractivity contribution in [1.29, 1.82) is 0 Å². The molecule has 4 heteroatoms. The van der Waals surface area contributed by atoms with Gasteiger partial charge in [-0.2, -0.15) is 0 Å². The van der Waals surface area contributed by atoms with E-state index in [1.807, 2.05) is 13.8 Å². The van der Waals surface area contributed by atoms with E-state index in [1.165, 1.54) is 0 Å². The Labute approximate surface area is 108 Å². The molecule has 0 aliphatic heterocycles. The molecule has 0 aromatic heterocycles. The summed E-state index contributed by atoms with van der Waals surface area (Å²) in [6.45, 7) is 6.22. The van der Waals surface area contributed by atoms with E-state index < -0.39 is 5.60 Å². The van der Waals surface area contributed by atoms with Gasteiger partial charge in [0.2, 0.25) is 0 Å². The van der Waals surface area contributed by atoms with Gasteiger partial charge >= 0.3 is 0 Å². The number of hydrogen-bond acceptors (Lipinski definition) is 4. The first-order valence-corrected chi connectivity index (χ1v) is 6.24. The standard InChI is InChI=1S/C14H22O4/c1-4-14(3,16)10-18-12-7-6-11(9-15)8-13(12)17-5-2/h6-8,15-16H,4-5,9-10H2,1-3H3. The monoisotopic (exact) mass is 254 g/mol. The Morgan fingerprint density at radius 1 is 1.17 bits per heavy atom. The van der Waals surface area contributed by atoms with Crippen molar-refractivity contribution in [3.05, 3.63) is 23.8 Å². The van der Waals surface area contributed by atoms with Gasteiger partial charge in [0.15, 0.2) is 11.5 Å². The maximum atomic E-state index is 9.90. The predicted molar refractivity (Wildman–Crippen MR) is 69.9 cm³/mol. The number of aliphatic hydroxyl groups excluding tert-OH is 1. The fraction of sp³-hybridized carbons (Fsp3) is 0.571. The van der Waals surface area contributed by atoms with Gasteiger partial charge in [0.1, 0.15) is 6.61 Å². The SMILES string of the molecule is CCOc1cc(CO)ccc1OCC(C)(O)CC. The summed E-state index contributed by atoms with van der Waals surface area (Å²) in [6, 6.07) is 5.28. The topological polar surface area (TPSA) is 58.9 Å². The van der Waals surface area contributed by atoms with Crippen molar-refractivity contribution in [2.75, 3.05) is 13.2 Å². The zero-order chi connectivity index (χ0) is 13.6. The Balaban J connectivity index is 2.80. The van der Waals surface area contributed by atoms with E-state index >= 15 is 0 Å². The second-order valence-electron chi connectivity index (χ2n) is 4.51. The van der Waals surface area contributed by atoms with Crippen molar-refractivity contribution in [3.63, 3.8) is 0 Å². The average Bonchev–Trinajstić information content (AvgIpc) is 2.37. The lowest BCUT2D eigenvalue weighted by Gasteiger charge is -2.22. The number of aliphatic hydroxyl groups is 2. The lowest BCUT2D eigenvalue weighted by molar-refractivity contribution is 0.00760. The summed E-state index contributed by atoms with van der Waals surface area (Å²) in [5.41, 5.74) is -0.0767. The highest BCUT2D eigenvalue weighted by Gasteiger charge is 2.19. The van der Waals surface area contributed by atoms with E-state index in [-0.39, 0.29) is 13.2 Å². The van der Waals surface area contributed by atoms with Gasteiger partial charge in [-0.05, 0) is 38.0 Å². The fourth-order valence-electron chi connectivity index (χ4n) is 1.37. The molecule has 0 saturated heterocycles. The molecule has 1 aromatic carbocycles. The predicted octanol–water partition coefficient (Wildman–Crippen LogP) is 2.12. The largest absolute Gasteiger partial charge is 0.490 e. The van der Waals surface area contributed by atoms with Gasteiger partial charge in [-0.1, -0.05) is 13.0 Å². The normalized spacial score (nSPS) is 14.1. The molecule has 1 rings (SSSR count). The van der Waals surface area contributed by atoms with Crippen LogP contribution in [0.4, 0.5) is 0 Å². The molecule has 0 aliphatic carbocycles. The second-order valence-corrected chi connectivity index (χ2v) is 4.51. The van der Waals surface area contributed by atoms with Crippen LogP contribution in [-0.4, -0.2) is 29.0 Å². The van der Waals surface area contributed by atoms with E-state index in [4.69, 9.17) is 14.6 Å². The van der Waals surface area contributed by atoms with Crippen LogP contribution in [0.5, 0.6) is 11.5 Å². The first-order chi connectivity index (χ1) is 8.52. The molecule has 0 fully saturated rings. The van der Waals surface area contributed by atoms with Crippen molar-refractivity contribution in [2.24, 2.45) is 0 Å². The highest BCUT2D eigenvalue weighted by molar-refractivity contribution is 5.42. The Hall–Kier alpha value is -1.26. The van der Waals surface area contributed by atoms with Crippen LogP contribution in [0, 0.1) is 0 Å². The van der Waals surface area contributed by atoms with Crippen LogP contribution < -0.4 is 9.47 Å². The second kappa shape index (κ2) is 6.61. The molecule has 1 atom stereocenters. The Morgan fingerprint density at radius 2 is 1.89 bits per heavy atom. The minimum absolute atomic E-state index is 0.0347. The van der Waals surface area contributed by atoms with Gasteiger partial charge in [-0.15, -0.1) is 0 Å². The summed E-state index contributed by atoms with van der Waals surface area (Å²) in [7, 11) is 0. The third kappa shape index (κ3) is 4.20. The maximum absolute atomic E-state index is 9.90.